The Balaban J connectivity index is 2.14. The second kappa shape index (κ2) is 6.77. The molecule has 0 aliphatic rings. The normalized spacial score (nSPS) is 12.1. The highest BCUT2D eigenvalue weighted by Crippen LogP contribution is 2.19. The molecule has 5 heteroatoms. The number of pyridine rings is 1. The molecule has 0 aliphatic carbocycles. The van der Waals surface area contributed by atoms with Crippen LogP contribution in [0.25, 0.3) is 0 Å². The van der Waals surface area contributed by atoms with E-state index in [4.69, 9.17) is 0 Å². The summed E-state index contributed by atoms with van der Waals surface area (Å²) < 4.78 is 0. The van der Waals surface area contributed by atoms with Gasteiger partial charge in [-0.15, -0.1) is 0 Å². The summed E-state index contributed by atoms with van der Waals surface area (Å²) in [4.78, 5) is 14.3. The Morgan fingerprint density at radius 3 is 2.40 bits per heavy atom. The van der Waals surface area contributed by atoms with E-state index in [2.05, 4.69) is 17.2 Å². The number of nitro benzene ring substituents is 1. The number of hydrogen-bond donors (Lipinski definition) is 1. The Hall–Kier alpha value is -2.27. The van der Waals surface area contributed by atoms with Crippen LogP contribution in [0.15, 0.2) is 48.8 Å². The predicted molar refractivity (Wildman–Crippen MR) is 77.5 cm³/mol. The molecule has 2 aromatic rings. The van der Waals surface area contributed by atoms with Gasteiger partial charge in [0, 0.05) is 30.6 Å². The van der Waals surface area contributed by atoms with Gasteiger partial charge in [0.1, 0.15) is 0 Å². The molecule has 0 radical (unpaired) electrons. The van der Waals surface area contributed by atoms with Gasteiger partial charge >= 0.3 is 0 Å². The highest BCUT2D eigenvalue weighted by Gasteiger charge is 2.12. The number of rotatable bonds is 6. The third kappa shape index (κ3) is 3.61. The zero-order chi connectivity index (χ0) is 14.4. The van der Waals surface area contributed by atoms with E-state index in [1.165, 1.54) is 5.56 Å². The number of nitrogens with one attached hydrogen (secondary N) is 1. The van der Waals surface area contributed by atoms with Gasteiger partial charge in [-0.1, -0.05) is 19.1 Å². The number of aromatic nitrogens is 1. The topological polar surface area (TPSA) is 68.1 Å². The lowest BCUT2D eigenvalue weighted by Crippen LogP contribution is -2.22. The summed E-state index contributed by atoms with van der Waals surface area (Å²) in [6.45, 7) is 2.92. The smallest absolute Gasteiger partial charge is 0.269 e. The van der Waals surface area contributed by atoms with Crippen LogP contribution in [0.5, 0.6) is 0 Å². The Kier molecular flexibility index (Phi) is 4.79. The number of nitro groups is 1. The molecule has 1 aromatic heterocycles. The summed E-state index contributed by atoms with van der Waals surface area (Å²) >= 11 is 0. The van der Waals surface area contributed by atoms with E-state index in [-0.39, 0.29) is 16.7 Å². The molecule has 1 aromatic carbocycles. The molecular weight excluding hydrogens is 254 g/mol. The van der Waals surface area contributed by atoms with Crippen LogP contribution in [0.2, 0.25) is 0 Å². The third-order valence-electron chi connectivity index (χ3n) is 3.15. The molecule has 0 fully saturated rings. The minimum Gasteiger partial charge on any atom is -0.310 e. The fourth-order valence-electron chi connectivity index (χ4n) is 2.14. The minimum absolute atomic E-state index is 0.123. The maximum atomic E-state index is 10.6. The van der Waals surface area contributed by atoms with Crippen molar-refractivity contribution in [3.63, 3.8) is 0 Å². The molecule has 1 unspecified atom stereocenters. The van der Waals surface area contributed by atoms with Gasteiger partial charge in [-0.2, -0.15) is 0 Å². The number of likely N-dealkylation sites (N-methyl/N-ethyl adjacent to an activating group) is 1. The lowest BCUT2D eigenvalue weighted by Gasteiger charge is -2.18. The Morgan fingerprint density at radius 1 is 1.20 bits per heavy atom. The lowest BCUT2D eigenvalue weighted by molar-refractivity contribution is -0.384. The fraction of sp³-hybridized carbons (Fsp3) is 0.267. The van der Waals surface area contributed by atoms with Crippen molar-refractivity contribution in [2.45, 2.75) is 19.4 Å². The lowest BCUT2D eigenvalue weighted by atomic mass is 9.99. The van der Waals surface area contributed by atoms with Crippen LogP contribution in [0, 0.1) is 10.1 Å². The molecule has 0 amide bonds. The van der Waals surface area contributed by atoms with Crippen LogP contribution < -0.4 is 5.32 Å². The maximum absolute atomic E-state index is 10.6. The highest BCUT2D eigenvalue weighted by atomic mass is 16.6. The van der Waals surface area contributed by atoms with Crippen molar-refractivity contribution in [1.29, 1.82) is 0 Å². The molecule has 0 aliphatic heterocycles. The average Bonchev–Trinajstić information content (AvgIpc) is 2.48. The van der Waals surface area contributed by atoms with Crippen LogP contribution in [0.1, 0.15) is 24.1 Å². The molecule has 104 valence electrons. The molecular formula is C15H17N3O2. The first kappa shape index (κ1) is 14.1. The van der Waals surface area contributed by atoms with Crippen LogP contribution in [0.3, 0.4) is 0 Å². The molecule has 2 rings (SSSR count). The summed E-state index contributed by atoms with van der Waals surface area (Å²) in [6.07, 6.45) is 4.33. The molecule has 0 saturated carbocycles. The summed E-state index contributed by atoms with van der Waals surface area (Å²) in [5.74, 6) is 0. The average molecular weight is 271 g/mol. The third-order valence-corrected chi connectivity index (χ3v) is 3.15. The van der Waals surface area contributed by atoms with Gasteiger partial charge in [0.2, 0.25) is 0 Å². The maximum Gasteiger partial charge on any atom is 0.269 e. The SMILES string of the molecule is CCNC(Cc1ccc([N+](=O)[O-])cc1)c1ccncc1. The number of nitrogens with zero attached hydrogens (tertiary/aromatic N) is 2. The molecule has 1 atom stereocenters. The first-order chi connectivity index (χ1) is 9.70. The minimum atomic E-state index is -0.381. The summed E-state index contributed by atoms with van der Waals surface area (Å²) in [6, 6.07) is 10.9. The van der Waals surface area contributed by atoms with Crippen LogP contribution in [-0.4, -0.2) is 16.5 Å². The van der Waals surface area contributed by atoms with Crippen molar-refractivity contribution in [1.82, 2.24) is 10.3 Å². The van der Waals surface area contributed by atoms with Gasteiger partial charge < -0.3 is 5.32 Å². The van der Waals surface area contributed by atoms with Gasteiger partial charge in [0.05, 0.1) is 4.92 Å². The number of hydrogen-bond acceptors (Lipinski definition) is 4. The summed E-state index contributed by atoms with van der Waals surface area (Å²) in [5, 5.41) is 14.1. The van der Waals surface area contributed by atoms with Crippen molar-refractivity contribution in [2.75, 3.05) is 6.54 Å². The van der Waals surface area contributed by atoms with Crippen molar-refractivity contribution in [2.24, 2.45) is 0 Å². The van der Waals surface area contributed by atoms with Crippen molar-refractivity contribution >= 4 is 5.69 Å². The molecule has 0 saturated heterocycles. The molecule has 5 nitrogen and oxygen atoms in total. The van der Waals surface area contributed by atoms with Crippen LogP contribution in [0.4, 0.5) is 5.69 Å². The van der Waals surface area contributed by atoms with Crippen molar-refractivity contribution < 1.29 is 4.92 Å². The number of non-ortho nitro benzene ring substituents is 1. The van der Waals surface area contributed by atoms with E-state index in [0.29, 0.717) is 0 Å². The fourth-order valence-corrected chi connectivity index (χ4v) is 2.14. The zero-order valence-corrected chi connectivity index (χ0v) is 11.3. The van der Waals surface area contributed by atoms with E-state index >= 15 is 0 Å². The van der Waals surface area contributed by atoms with E-state index in [1.54, 1.807) is 24.5 Å². The van der Waals surface area contributed by atoms with Gasteiger partial charge in [-0.3, -0.25) is 15.1 Å². The summed E-state index contributed by atoms with van der Waals surface area (Å²) in [7, 11) is 0. The Labute approximate surface area is 117 Å². The van der Waals surface area contributed by atoms with E-state index in [0.717, 1.165) is 18.5 Å². The summed E-state index contributed by atoms with van der Waals surface area (Å²) in [5.41, 5.74) is 2.36. The van der Waals surface area contributed by atoms with Gasteiger partial charge in [0.15, 0.2) is 0 Å². The second-order valence-electron chi connectivity index (χ2n) is 4.52. The quantitative estimate of drug-likeness (QED) is 0.648. The van der Waals surface area contributed by atoms with Crippen molar-refractivity contribution in [3.05, 3.63) is 70.0 Å². The molecule has 20 heavy (non-hydrogen) atoms. The zero-order valence-electron chi connectivity index (χ0n) is 11.3. The largest absolute Gasteiger partial charge is 0.310 e. The number of benzene rings is 1. The first-order valence-electron chi connectivity index (χ1n) is 6.57. The second-order valence-corrected chi connectivity index (χ2v) is 4.52. The Bertz CT molecular complexity index is 555. The Morgan fingerprint density at radius 2 is 1.85 bits per heavy atom. The van der Waals surface area contributed by atoms with Gasteiger partial charge in [0.25, 0.3) is 5.69 Å². The monoisotopic (exact) mass is 271 g/mol. The predicted octanol–water partition coefficient (Wildman–Crippen LogP) is 2.88. The van der Waals surface area contributed by atoms with Crippen LogP contribution >= 0.6 is 0 Å². The van der Waals surface area contributed by atoms with Crippen LogP contribution in [-0.2, 0) is 6.42 Å². The van der Waals surface area contributed by atoms with Gasteiger partial charge in [-0.25, -0.2) is 0 Å². The van der Waals surface area contributed by atoms with Gasteiger partial charge in [-0.05, 0) is 36.2 Å². The van der Waals surface area contributed by atoms with Crippen molar-refractivity contribution in [3.8, 4) is 0 Å². The molecule has 0 bridgehead atoms. The molecule has 1 N–H and O–H groups in total. The highest BCUT2D eigenvalue weighted by molar-refractivity contribution is 5.33. The first-order valence-corrected chi connectivity index (χ1v) is 6.57. The van der Waals surface area contributed by atoms with E-state index in [9.17, 15) is 10.1 Å². The molecule has 1 heterocycles. The standard InChI is InChI=1S/C15H17N3O2/c1-2-17-15(13-7-9-16-10-8-13)11-12-3-5-14(6-4-12)18(19)20/h3-10,15,17H,2,11H2,1H3. The van der Waals surface area contributed by atoms with E-state index in [1.807, 2.05) is 24.3 Å². The van der Waals surface area contributed by atoms with E-state index < -0.39 is 0 Å². The molecule has 0 spiro atoms.